The molecule has 2 aromatic rings. The van der Waals surface area contributed by atoms with Crippen LogP contribution in [0.25, 0.3) is 0 Å². The van der Waals surface area contributed by atoms with Crippen molar-refractivity contribution in [2.75, 3.05) is 5.75 Å². The van der Waals surface area contributed by atoms with Gasteiger partial charge in [-0.3, -0.25) is 0 Å². The van der Waals surface area contributed by atoms with Crippen LogP contribution in [0.5, 0.6) is 0 Å². The lowest BCUT2D eigenvalue weighted by atomic mass is 10.2. The minimum absolute atomic E-state index is 0.394. The van der Waals surface area contributed by atoms with Crippen LogP contribution >= 0.6 is 24.0 Å². The summed E-state index contributed by atoms with van der Waals surface area (Å²) >= 11 is 6.27. The van der Waals surface area contributed by atoms with Gasteiger partial charge in [0.25, 0.3) is 0 Å². The van der Waals surface area contributed by atoms with Crippen molar-refractivity contribution in [2.45, 2.75) is 11.1 Å². The van der Waals surface area contributed by atoms with Gasteiger partial charge in [-0.15, -0.1) is 11.8 Å². The van der Waals surface area contributed by atoms with Crippen LogP contribution in [-0.4, -0.2) is 28.2 Å². The zero-order valence-electron chi connectivity index (χ0n) is 10.6. The molecule has 101 valence electrons. The minimum Gasteiger partial charge on any atom is -0.452 e. The highest BCUT2D eigenvalue weighted by molar-refractivity contribution is 7.99. The van der Waals surface area contributed by atoms with E-state index < -0.39 is 12.1 Å². The number of thioether (sulfide) groups is 1. The Kier molecular flexibility index (Phi) is 5.70. The van der Waals surface area contributed by atoms with Crippen molar-refractivity contribution in [1.29, 1.82) is 0 Å². The van der Waals surface area contributed by atoms with Crippen molar-refractivity contribution >= 4 is 35.3 Å². The maximum absolute atomic E-state index is 11.9. The number of nitrogens with zero attached hydrogens (tertiary/aromatic N) is 1. The highest BCUT2D eigenvalue weighted by atomic mass is 32.2. The van der Waals surface area contributed by atoms with Crippen LogP contribution in [0.3, 0.4) is 0 Å². The van der Waals surface area contributed by atoms with Crippen LogP contribution in [0.4, 0.5) is 0 Å². The predicted octanol–water partition coefficient (Wildman–Crippen LogP) is 3.28. The van der Waals surface area contributed by atoms with Gasteiger partial charge in [-0.05, 0) is 24.3 Å². The zero-order chi connectivity index (χ0) is 14.2. The summed E-state index contributed by atoms with van der Waals surface area (Å²) in [5.74, 6) is 0.105. The zero-order valence-corrected chi connectivity index (χ0v) is 12.2. The Morgan fingerprint density at radius 2 is 2.00 bits per heavy atom. The van der Waals surface area contributed by atoms with E-state index in [9.17, 15) is 4.79 Å². The van der Waals surface area contributed by atoms with E-state index >= 15 is 0 Å². The second kappa shape index (κ2) is 7.77. The number of esters is 1. The Hall–Kier alpha value is -1.72. The molecule has 5 heteroatoms. The van der Waals surface area contributed by atoms with Crippen molar-refractivity contribution in [3.8, 4) is 0 Å². The Balaban J connectivity index is 1.89. The van der Waals surface area contributed by atoms with E-state index in [1.54, 1.807) is 30.5 Å². The van der Waals surface area contributed by atoms with Crippen molar-refractivity contribution in [2.24, 2.45) is 0 Å². The average molecular weight is 302 g/mol. The van der Waals surface area contributed by atoms with Gasteiger partial charge < -0.3 is 4.74 Å². The molecule has 0 aliphatic carbocycles. The van der Waals surface area contributed by atoms with Gasteiger partial charge in [0, 0.05) is 11.9 Å². The van der Waals surface area contributed by atoms with Crippen molar-refractivity contribution in [1.82, 2.24) is 4.98 Å². The third kappa shape index (κ3) is 4.43. The van der Waals surface area contributed by atoms with Crippen LogP contribution in [-0.2, 0) is 4.74 Å². The average Bonchev–Trinajstić information content (AvgIpc) is 2.53. The van der Waals surface area contributed by atoms with Crippen molar-refractivity contribution < 1.29 is 9.53 Å². The molecule has 0 bridgehead atoms. The van der Waals surface area contributed by atoms with Gasteiger partial charge in [-0.1, -0.05) is 36.5 Å². The van der Waals surface area contributed by atoms with Crippen molar-refractivity contribution in [3.05, 3.63) is 60.3 Å². The molecule has 2 rings (SSSR count). The molecule has 0 spiro atoms. The van der Waals surface area contributed by atoms with Crippen LogP contribution in [0.2, 0.25) is 0 Å². The number of hydrogen-bond donors (Lipinski definition) is 0. The lowest BCUT2D eigenvalue weighted by Gasteiger charge is -2.12. The Morgan fingerprint density at radius 1 is 1.25 bits per heavy atom. The van der Waals surface area contributed by atoms with Gasteiger partial charge >= 0.3 is 5.97 Å². The summed E-state index contributed by atoms with van der Waals surface area (Å²) in [5.41, 5.74) is 0.505. The molecule has 1 aromatic carbocycles. The summed E-state index contributed by atoms with van der Waals surface area (Å²) in [6.45, 7) is 0. The number of aromatic nitrogens is 1. The van der Waals surface area contributed by atoms with E-state index in [1.165, 1.54) is 11.8 Å². The third-order valence-electron chi connectivity index (χ3n) is 2.41. The molecule has 1 radical (unpaired) electrons. The second-order valence-electron chi connectivity index (χ2n) is 3.86. The Morgan fingerprint density at radius 3 is 2.65 bits per heavy atom. The molecule has 0 aliphatic heterocycles. The summed E-state index contributed by atoms with van der Waals surface area (Å²) in [6, 6.07) is 14.5. The van der Waals surface area contributed by atoms with Gasteiger partial charge in [-0.25, -0.2) is 9.78 Å². The Labute approximate surface area is 127 Å². The highest BCUT2D eigenvalue weighted by Gasteiger charge is 2.14. The van der Waals surface area contributed by atoms with E-state index in [2.05, 4.69) is 10.4 Å². The number of thiocarbonyl (C=S) groups is 1. The van der Waals surface area contributed by atoms with E-state index in [0.29, 0.717) is 11.3 Å². The summed E-state index contributed by atoms with van der Waals surface area (Å²) < 4.78 is 5.30. The Bertz CT molecular complexity index is 561. The number of carbonyl (C=O) groups excluding carboxylic acids is 1. The smallest absolute Gasteiger partial charge is 0.338 e. The number of rotatable bonds is 6. The normalized spacial score (nSPS) is 11.6. The molecule has 1 atom stereocenters. The van der Waals surface area contributed by atoms with Gasteiger partial charge in [0.1, 0.15) is 6.10 Å². The number of carbonyl (C=O) groups is 1. The fourth-order valence-electron chi connectivity index (χ4n) is 1.46. The minimum atomic E-state index is -0.537. The summed E-state index contributed by atoms with van der Waals surface area (Å²) in [4.78, 5) is 16.1. The lowest BCUT2D eigenvalue weighted by molar-refractivity contribution is 0.0467. The maximum Gasteiger partial charge on any atom is 0.338 e. The van der Waals surface area contributed by atoms with E-state index in [0.717, 1.165) is 5.03 Å². The van der Waals surface area contributed by atoms with Gasteiger partial charge in [-0.2, -0.15) is 0 Å². The fraction of sp³-hybridized carbons (Fsp3) is 0.133. The molecular formula is C15H12NO2S2. The number of benzene rings is 1. The first kappa shape index (κ1) is 14.7. The molecule has 20 heavy (non-hydrogen) atoms. The molecule has 0 N–H and O–H groups in total. The summed E-state index contributed by atoms with van der Waals surface area (Å²) in [7, 11) is 0. The first-order valence-corrected chi connectivity index (χ1v) is 7.36. The molecule has 0 saturated heterocycles. The molecule has 0 fully saturated rings. The fourth-order valence-corrected chi connectivity index (χ4v) is 2.48. The molecule has 0 saturated carbocycles. The summed E-state index contributed by atoms with van der Waals surface area (Å²) in [6.07, 6.45) is 1.18. The molecule has 0 aliphatic rings. The van der Waals surface area contributed by atoms with Gasteiger partial charge in [0.05, 0.1) is 16.0 Å². The van der Waals surface area contributed by atoms with Gasteiger partial charge in [0.15, 0.2) is 0 Å². The molecule has 1 unspecified atom stereocenters. The first-order chi connectivity index (χ1) is 9.79. The summed E-state index contributed by atoms with van der Waals surface area (Å²) in [5, 5.41) is 3.42. The number of pyridine rings is 1. The van der Waals surface area contributed by atoms with Crippen LogP contribution in [0.1, 0.15) is 10.4 Å². The van der Waals surface area contributed by atoms with E-state index in [4.69, 9.17) is 17.0 Å². The van der Waals surface area contributed by atoms with Gasteiger partial charge in [0.2, 0.25) is 0 Å². The van der Waals surface area contributed by atoms with E-state index in [1.807, 2.05) is 24.3 Å². The highest BCUT2D eigenvalue weighted by Crippen LogP contribution is 2.16. The second-order valence-corrected chi connectivity index (χ2v) is 5.13. The standard InChI is InChI=1S/C15H12NO2S2/c17-15(12-6-2-1-3-7-12)18-13(10-19)11-20-14-8-4-5-9-16-14/h1-9,13H,11H2. The molecular weight excluding hydrogens is 290 g/mol. The third-order valence-corrected chi connectivity index (χ3v) is 3.68. The quantitative estimate of drug-likeness (QED) is 0.465. The first-order valence-electron chi connectivity index (χ1n) is 5.97. The molecule has 0 amide bonds. The topological polar surface area (TPSA) is 39.2 Å². The number of hydrogen-bond acceptors (Lipinski definition) is 5. The van der Waals surface area contributed by atoms with E-state index in [-0.39, 0.29) is 0 Å². The molecule has 1 aromatic heterocycles. The van der Waals surface area contributed by atoms with Crippen LogP contribution in [0.15, 0.2) is 59.8 Å². The SMILES string of the molecule is O=C(OC([C]=S)CSc1ccccn1)c1ccccc1. The largest absolute Gasteiger partial charge is 0.452 e. The predicted molar refractivity (Wildman–Crippen MR) is 83.2 cm³/mol. The van der Waals surface area contributed by atoms with Crippen LogP contribution < -0.4 is 0 Å². The van der Waals surface area contributed by atoms with Crippen molar-refractivity contribution in [3.63, 3.8) is 0 Å². The van der Waals surface area contributed by atoms with Crippen LogP contribution in [0, 0.1) is 0 Å². The lowest BCUT2D eigenvalue weighted by Crippen LogP contribution is -2.21. The molecule has 1 heterocycles. The maximum atomic E-state index is 11.9. The monoisotopic (exact) mass is 302 g/mol. The molecule has 3 nitrogen and oxygen atoms in total. The number of ether oxygens (including phenoxy) is 1.